The van der Waals surface area contributed by atoms with Crippen LogP contribution in [0.1, 0.15) is 134 Å². The summed E-state index contributed by atoms with van der Waals surface area (Å²) < 4.78 is 0. The van der Waals surface area contributed by atoms with Gasteiger partial charge in [0.25, 0.3) is 11.8 Å². The van der Waals surface area contributed by atoms with Crippen LogP contribution < -0.4 is 31.9 Å². The van der Waals surface area contributed by atoms with E-state index in [0.717, 1.165) is 118 Å². The van der Waals surface area contributed by atoms with Crippen LogP contribution >= 0.6 is 22.7 Å². The van der Waals surface area contributed by atoms with Gasteiger partial charge in [0.15, 0.2) is 0 Å². The summed E-state index contributed by atoms with van der Waals surface area (Å²) in [5, 5.41) is 28.7. The monoisotopic (exact) mass is 1170 g/mol. The predicted molar refractivity (Wildman–Crippen MR) is 331 cm³/mol. The summed E-state index contributed by atoms with van der Waals surface area (Å²) in [5.41, 5.74) is 4.30. The third-order valence-corrected chi connectivity index (χ3v) is 19.9. The first-order valence-electron chi connectivity index (χ1n) is 30.0. The van der Waals surface area contributed by atoms with Crippen molar-refractivity contribution in [2.24, 2.45) is 11.8 Å². The van der Waals surface area contributed by atoms with E-state index in [4.69, 9.17) is 9.97 Å². The van der Waals surface area contributed by atoms with Crippen LogP contribution in [0.5, 0.6) is 0 Å². The van der Waals surface area contributed by atoms with Crippen molar-refractivity contribution >= 4 is 79.7 Å². The maximum atomic E-state index is 15.1. The Kier molecular flexibility index (Phi) is 18.3. The van der Waals surface area contributed by atoms with E-state index in [1.54, 1.807) is 52.2 Å². The summed E-state index contributed by atoms with van der Waals surface area (Å²) in [6.07, 6.45) is 10.3. The molecule has 6 N–H and O–H groups in total. The molecule has 0 spiro atoms. The number of carbonyl (C=O) groups excluding carboxylic acids is 6. The Morgan fingerprint density at radius 1 is 0.500 bits per heavy atom. The van der Waals surface area contributed by atoms with Gasteiger partial charge in [-0.25, -0.2) is 9.97 Å². The minimum absolute atomic E-state index is 0.0268. The van der Waals surface area contributed by atoms with Gasteiger partial charge in [0.1, 0.15) is 22.1 Å². The lowest BCUT2D eigenvalue weighted by molar-refractivity contribution is -0.139. The molecule has 6 amide bonds. The van der Waals surface area contributed by atoms with E-state index < -0.39 is 48.3 Å². The largest absolute Gasteiger partial charge is 0.347 e. The summed E-state index contributed by atoms with van der Waals surface area (Å²) in [6.45, 7) is 4.00. The molecule has 4 aliphatic rings. The number of benzene rings is 5. The third kappa shape index (κ3) is 12.7. The molecule has 8 atom stereocenters. The van der Waals surface area contributed by atoms with Gasteiger partial charge in [-0.1, -0.05) is 123 Å². The minimum atomic E-state index is -0.736. The van der Waals surface area contributed by atoms with Crippen molar-refractivity contribution in [1.29, 1.82) is 0 Å². The molecule has 18 heteroatoms. The van der Waals surface area contributed by atoms with E-state index in [9.17, 15) is 19.2 Å². The van der Waals surface area contributed by atoms with Crippen molar-refractivity contribution in [2.75, 3.05) is 27.2 Å². The fourth-order valence-corrected chi connectivity index (χ4v) is 14.9. The van der Waals surface area contributed by atoms with Gasteiger partial charge >= 0.3 is 0 Å². The minimum Gasteiger partial charge on any atom is -0.347 e. The van der Waals surface area contributed by atoms with E-state index >= 15 is 9.59 Å². The number of amides is 6. The van der Waals surface area contributed by atoms with E-state index in [1.165, 1.54) is 22.7 Å². The highest BCUT2D eigenvalue weighted by Crippen LogP contribution is 2.42. The van der Waals surface area contributed by atoms with Gasteiger partial charge in [-0.05, 0) is 124 Å². The Balaban J connectivity index is 0.815. The summed E-state index contributed by atoms with van der Waals surface area (Å²) in [4.78, 5) is 99.9. The fourth-order valence-electron chi connectivity index (χ4n) is 13.0. The number of rotatable bonds is 18. The highest BCUT2D eigenvalue weighted by atomic mass is 32.1. The van der Waals surface area contributed by atoms with Gasteiger partial charge in [0, 0.05) is 58.2 Å². The van der Waals surface area contributed by atoms with E-state index in [-0.39, 0.29) is 60.4 Å². The van der Waals surface area contributed by atoms with Crippen LogP contribution in [0.3, 0.4) is 0 Å². The van der Waals surface area contributed by atoms with Crippen LogP contribution in [0.2, 0.25) is 0 Å². The first-order valence-corrected chi connectivity index (χ1v) is 31.8. The van der Waals surface area contributed by atoms with Crippen molar-refractivity contribution in [3.8, 4) is 22.5 Å². The first kappa shape index (κ1) is 58.4. The number of nitrogens with one attached hydrogen (secondary N) is 6. The molecule has 11 rings (SSSR count). The molecule has 0 bridgehead atoms. The molecule has 2 aliphatic heterocycles. The second-order valence-corrected chi connectivity index (χ2v) is 25.2. The lowest BCUT2D eigenvalue weighted by Gasteiger charge is -2.35. The maximum absolute atomic E-state index is 15.1. The molecule has 2 saturated heterocycles. The van der Waals surface area contributed by atoms with Crippen molar-refractivity contribution in [3.05, 3.63) is 141 Å². The summed E-state index contributed by atoms with van der Waals surface area (Å²) in [6, 6.07) is 31.0. The van der Waals surface area contributed by atoms with E-state index in [2.05, 4.69) is 80.4 Å². The summed E-state index contributed by atoms with van der Waals surface area (Å²) in [7, 11) is 3.45. The Bertz CT molecular complexity index is 3280. The maximum Gasteiger partial charge on any atom is 0.251 e. The topological polar surface area (TPSA) is 207 Å². The van der Waals surface area contributed by atoms with Gasteiger partial charge in [-0.2, -0.15) is 0 Å². The number of fused-ring (bicyclic) bond motifs is 2. The molecular formula is C66H76N10O6S2. The number of thiazole rings is 2. The zero-order valence-corrected chi connectivity index (χ0v) is 49.9. The normalized spacial score (nSPS) is 21.0. The van der Waals surface area contributed by atoms with Crippen LogP contribution in [0, 0.1) is 11.8 Å². The number of likely N-dealkylation sites (N-methyl/N-ethyl adjacent to an activating group) is 2. The number of aromatic nitrogens is 2. The van der Waals surface area contributed by atoms with Gasteiger partial charge in [-0.3, -0.25) is 28.8 Å². The molecule has 2 aliphatic carbocycles. The fraction of sp³-hybridized carbons (Fsp3) is 0.424. The molecule has 16 nitrogen and oxygen atoms in total. The van der Waals surface area contributed by atoms with Crippen LogP contribution in [-0.4, -0.2) is 119 Å². The number of hydrogen-bond acceptors (Lipinski definition) is 12. The molecule has 5 aromatic carbocycles. The highest BCUT2D eigenvalue weighted by Gasteiger charge is 2.46. The number of nitrogens with zero attached hydrogens (tertiary/aromatic N) is 4. The Morgan fingerprint density at radius 2 is 0.881 bits per heavy atom. The van der Waals surface area contributed by atoms with Crippen LogP contribution in [-0.2, 0) is 19.2 Å². The molecule has 7 aromatic rings. The van der Waals surface area contributed by atoms with Crippen LogP contribution in [0.15, 0.2) is 120 Å². The molecule has 4 heterocycles. The zero-order chi connectivity index (χ0) is 58.4. The molecule has 4 fully saturated rings. The SMILES string of the molecule is CNC(C)C(=O)NC(C(=O)N1CC(NC(=O)c2ccc(C(=O)NC3CC(c4nc(-c5cccc6ccccc56)cs4)N(C(=O)C(NC(=O)C(C)NC)C4CCCCC4)C3)cc2)CC1c1nc(-c2cccc3ccccc23)cs1)C1CCCCC1. The number of carbonyl (C=O) groups is 6. The Labute approximate surface area is 499 Å². The average molecular weight is 1170 g/mol. The quantitative estimate of drug-likeness (QED) is 0.0480. The molecule has 438 valence electrons. The van der Waals surface area contributed by atoms with Crippen molar-refractivity contribution in [1.82, 2.24) is 51.7 Å². The smallest absolute Gasteiger partial charge is 0.251 e. The second kappa shape index (κ2) is 26.3. The van der Waals surface area contributed by atoms with Crippen molar-refractivity contribution in [3.63, 3.8) is 0 Å². The second-order valence-electron chi connectivity index (χ2n) is 23.4. The standard InChI is InChI=1S/C66H76N10O6S2/c1-39(67-3)59(77)73-57(43-19-7-5-8-20-43)65(81)75-35-47(33-55(75)63-71-53(37-83-63)51-27-15-23-41-17-11-13-25-49(41)51)69-61(79)45-29-31-46(32-30-45)62(80)70-48-34-56(64-72-54(38-84-64)52-28-16-24-42-18-12-14-26-50(42)52)76(36-48)66(82)58(44-21-9-6-10-22-44)74-60(78)40(2)68-4/h11-18,23-32,37-40,43-44,47-48,55-58,67-68H,5-10,19-22,33-36H2,1-4H3,(H,69,79)(H,70,80)(H,73,77)(H,74,78). The van der Waals surface area contributed by atoms with Gasteiger partial charge < -0.3 is 41.7 Å². The molecule has 0 radical (unpaired) electrons. The zero-order valence-electron chi connectivity index (χ0n) is 48.3. The molecule has 2 aromatic heterocycles. The van der Waals surface area contributed by atoms with Gasteiger partial charge in [0.2, 0.25) is 23.6 Å². The van der Waals surface area contributed by atoms with Gasteiger partial charge in [-0.15, -0.1) is 22.7 Å². The predicted octanol–water partition coefficient (Wildman–Crippen LogP) is 9.73. The Morgan fingerprint density at radius 3 is 1.27 bits per heavy atom. The molecule has 2 saturated carbocycles. The average Bonchev–Trinajstić information content (AvgIpc) is 2.92. The Hall–Kier alpha value is -7.38. The van der Waals surface area contributed by atoms with Crippen LogP contribution in [0.4, 0.5) is 0 Å². The number of hydrogen-bond donors (Lipinski definition) is 6. The highest BCUT2D eigenvalue weighted by molar-refractivity contribution is 7.10. The third-order valence-electron chi connectivity index (χ3n) is 18.0. The van der Waals surface area contributed by atoms with E-state index in [0.29, 0.717) is 24.0 Å². The lowest BCUT2D eigenvalue weighted by atomic mass is 9.83. The van der Waals surface area contributed by atoms with Crippen molar-refractivity contribution < 1.29 is 28.8 Å². The number of likely N-dealkylation sites (tertiary alicyclic amines) is 2. The summed E-state index contributed by atoms with van der Waals surface area (Å²) >= 11 is 2.99. The molecule has 8 unspecified atom stereocenters. The van der Waals surface area contributed by atoms with E-state index in [1.807, 2.05) is 57.0 Å². The molecule has 84 heavy (non-hydrogen) atoms. The van der Waals surface area contributed by atoms with Gasteiger partial charge in [0.05, 0.1) is 35.6 Å². The lowest BCUT2D eigenvalue weighted by Crippen LogP contribution is -2.56. The van der Waals surface area contributed by atoms with Crippen molar-refractivity contribution in [2.45, 2.75) is 139 Å². The van der Waals surface area contributed by atoms with Crippen LogP contribution in [0.25, 0.3) is 44.1 Å². The molecular weight excluding hydrogens is 1090 g/mol. The summed E-state index contributed by atoms with van der Waals surface area (Å²) in [5.74, 6) is -1.58. The first-order chi connectivity index (χ1) is 40.8.